The maximum Gasteiger partial charge on any atom is 0.408 e. The molecule has 0 aromatic heterocycles. The van der Waals surface area contributed by atoms with Crippen LogP contribution in [0.4, 0.5) is 4.79 Å². The van der Waals surface area contributed by atoms with E-state index in [4.69, 9.17) is 0 Å². The molecule has 0 aromatic rings. The van der Waals surface area contributed by atoms with E-state index in [1.807, 2.05) is 26.8 Å². The van der Waals surface area contributed by atoms with Gasteiger partial charge in [0.25, 0.3) is 0 Å². The van der Waals surface area contributed by atoms with Crippen LogP contribution in [0.25, 0.3) is 0 Å². The Hall–Kier alpha value is -1.78. The molecule has 5 heteroatoms. The smallest absolute Gasteiger partial charge is 0.408 e. The molecule has 1 atom stereocenters. The fourth-order valence-corrected chi connectivity index (χ4v) is 4.41. The van der Waals surface area contributed by atoms with Gasteiger partial charge in [0.15, 0.2) is 0 Å². The van der Waals surface area contributed by atoms with Crippen LogP contribution in [0.15, 0.2) is 23.3 Å². The van der Waals surface area contributed by atoms with Gasteiger partial charge in [0.2, 0.25) is 5.91 Å². The Bertz CT molecular complexity index is 626. The van der Waals surface area contributed by atoms with E-state index in [0.29, 0.717) is 19.5 Å². The highest BCUT2D eigenvalue weighted by atomic mass is 16.4. The summed E-state index contributed by atoms with van der Waals surface area (Å²) in [5, 5.41) is 9.56. The zero-order valence-corrected chi connectivity index (χ0v) is 17.1. The van der Waals surface area contributed by atoms with Crippen molar-refractivity contribution in [1.29, 1.82) is 0 Å². The van der Waals surface area contributed by atoms with E-state index in [9.17, 15) is 14.7 Å². The molecule has 0 aromatic carbocycles. The van der Waals surface area contributed by atoms with Crippen molar-refractivity contribution in [3.63, 3.8) is 0 Å². The molecule has 26 heavy (non-hydrogen) atoms. The molecule has 1 aliphatic carbocycles. The van der Waals surface area contributed by atoms with E-state index in [-0.39, 0.29) is 17.4 Å². The minimum atomic E-state index is -0.919. The van der Waals surface area contributed by atoms with Crippen molar-refractivity contribution in [1.82, 2.24) is 9.80 Å². The van der Waals surface area contributed by atoms with E-state index in [2.05, 4.69) is 20.8 Å². The van der Waals surface area contributed by atoms with Gasteiger partial charge in [0.05, 0.1) is 6.04 Å². The third kappa shape index (κ3) is 4.49. The van der Waals surface area contributed by atoms with Crippen LogP contribution in [-0.4, -0.2) is 51.6 Å². The lowest BCUT2D eigenvalue weighted by atomic mass is 9.72. The average Bonchev–Trinajstić information content (AvgIpc) is 2.93. The van der Waals surface area contributed by atoms with E-state index in [0.717, 1.165) is 12.8 Å². The molecule has 5 nitrogen and oxygen atoms in total. The maximum absolute atomic E-state index is 12.6. The van der Waals surface area contributed by atoms with Gasteiger partial charge in [-0.05, 0) is 64.4 Å². The van der Waals surface area contributed by atoms with Gasteiger partial charge >= 0.3 is 6.09 Å². The van der Waals surface area contributed by atoms with Crippen molar-refractivity contribution in [2.75, 3.05) is 13.1 Å². The van der Waals surface area contributed by atoms with Crippen molar-refractivity contribution in [2.24, 2.45) is 5.41 Å². The van der Waals surface area contributed by atoms with Crippen LogP contribution >= 0.6 is 0 Å². The molecule has 1 N–H and O–H groups in total. The summed E-state index contributed by atoms with van der Waals surface area (Å²) in [5.41, 5.74) is 2.28. The lowest BCUT2D eigenvalue weighted by Gasteiger charge is -2.37. The highest BCUT2D eigenvalue weighted by Gasteiger charge is 2.38. The number of amides is 2. The molecule has 1 aliphatic heterocycles. The number of likely N-dealkylation sites (tertiary alicyclic amines) is 1. The molecule has 2 rings (SSSR count). The standard InChI is InChI=1S/C21H34N2O3/c1-15-8-7-12-21(5,6)17(15)9-10-18(24)22-13-11-16(14-22)23(19(25)26)20(2,3)4/h9-10,16H,7-8,11-14H2,1-6H3,(H,25,26). The Kier molecular flexibility index (Phi) is 5.89. The Labute approximate surface area is 157 Å². The highest BCUT2D eigenvalue weighted by Crippen LogP contribution is 2.40. The van der Waals surface area contributed by atoms with Gasteiger partial charge < -0.3 is 10.0 Å². The third-order valence-corrected chi connectivity index (χ3v) is 5.70. The first kappa shape index (κ1) is 20.5. The first-order chi connectivity index (χ1) is 11.9. The fourth-order valence-electron chi connectivity index (χ4n) is 4.41. The summed E-state index contributed by atoms with van der Waals surface area (Å²) in [7, 11) is 0. The van der Waals surface area contributed by atoms with E-state index >= 15 is 0 Å². The van der Waals surface area contributed by atoms with Gasteiger partial charge in [-0.25, -0.2) is 4.79 Å². The molecule has 1 heterocycles. The fraction of sp³-hybridized carbons (Fsp3) is 0.714. The third-order valence-electron chi connectivity index (χ3n) is 5.70. The van der Waals surface area contributed by atoms with Crippen LogP contribution in [0, 0.1) is 5.41 Å². The Morgan fingerprint density at radius 3 is 2.50 bits per heavy atom. The first-order valence-corrected chi connectivity index (χ1v) is 9.63. The molecule has 0 radical (unpaired) electrons. The number of hydrogen-bond acceptors (Lipinski definition) is 2. The number of allylic oxidation sites excluding steroid dienone is 3. The summed E-state index contributed by atoms with van der Waals surface area (Å²) in [4.78, 5) is 27.6. The highest BCUT2D eigenvalue weighted by molar-refractivity contribution is 5.88. The number of nitrogens with zero attached hydrogens (tertiary/aromatic N) is 2. The summed E-state index contributed by atoms with van der Waals surface area (Å²) < 4.78 is 0. The molecule has 146 valence electrons. The second-order valence-corrected chi connectivity index (χ2v) is 9.31. The molecule has 0 bridgehead atoms. The number of carbonyl (C=O) groups excluding carboxylic acids is 1. The number of rotatable bonds is 3. The average molecular weight is 363 g/mol. The molecule has 0 saturated carbocycles. The monoisotopic (exact) mass is 362 g/mol. The molecule has 1 saturated heterocycles. The lowest BCUT2D eigenvalue weighted by molar-refractivity contribution is -0.125. The number of carbonyl (C=O) groups is 2. The second kappa shape index (κ2) is 7.45. The topological polar surface area (TPSA) is 60.9 Å². The summed E-state index contributed by atoms with van der Waals surface area (Å²) >= 11 is 0. The zero-order valence-electron chi connectivity index (χ0n) is 17.1. The van der Waals surface area contributed by atoms with Crippen molar-refractivity contribution in [2.45, 2.75) is 78.8 Å². The quantitative estimate of drug-likeness (QED) is 0.755. The first-order valence-electron chi connectivity index (χ1n) is 9.63. The lowest BCUT2D eigenvalue weighted by Crippen LogP contribution is -2.52. The molecular formula is C21H34N2O3. The Morgan fingerprint density at radius 2 is 1.96 bits per heavy atom. The van der Waals surface area contributed by atoms with Gasteiger partial charge in [0.1, 0.15) is 0 Å². The van der Waals surface area contributed by atoms with Crippen LogP contribution in [0.1, 0.15) is 67.2 Å². The second-order valence-electron chi connectivity index (χ2n) is 9.31. The SMILES string of the molecule is CC1=C(C=CC(=O)N2CCC(N(C(=O)O)C(C)(C)C)C2)C(C)(C)CCC1. The summed E-state index contributed by atoms with van der Waals surface area (Å²) in [5.74, 6) is -0.0200. The van der Waals surface area contributed by atoms with Gasteiger partial charge in [0, 0.05) is 24.7 Å². The van der Waals surface area contributed by atoms with Crippen molar-refractivity contribution in [3.05, 3.63) is 23.3 Å². The predicted molar refractivity (Wildman–Crippen MR) is 104 cm³/mol. The summed E-state index contributed by atoms with van der Waals surface area (Å²) in [6.45, 7) is 13.4. The van der Waals surface area contributed by atoms with Crippen LogP contribution < -0.4 is 0 Å². The minimum absolute atomic E-state index is 0.0200. The van der Waals surface area contributed by atoms with E-state index in [1.165, 1.54) is 22.5 Å². The summed E-state index contributed by atoms with van der Waals surface area (Å²) in [6.07, 6.45) is 6.88. The van der Waals surface area contributed by atoms with Crippen LogP contribution in [0.3, 0.4) is 0 Å². The van der Waals surface area contributed by atoms with Crippen LogP contribution in [0.5, 0.6) is 0 Å². The van der Waals surface area contributed by atoms with Crippen molar-refractivity contribution in [3.8, 4) is 0 Å². The molecular weight excluding hydrogens is 328 g/mol. The molecule has 1 unspecified atom stereocenters. The van der Waals surface area contributed by atoms with Gasteiger partial charge in [-0.2, -0.15) is 0 Å². The van der Waals surface area contributed by atoms with Crippen LogP contribution in [0.2, 0.25) is 0 Å². The van der Waals surface area contributed by atoms with E-state index in [1.54, 1.807) is 11.0 Å². The Balaban J connectivity index is 2.07. The molecule has 0 spiro atoms. The van der Waals surface area contributed by atoms with Crippen molar-refractivity contribution < 1.29 is 14.7 Å². The van der Waals surface area contributed by atoms with E-state index < -0.39 is 11.6 Å². The zero-order chi connectivity index (χ0) is 19.7. The molecule has 2 aliphatic rings. The van der Waals surface area contributed by atoms with Crippen LogP contribution in [-0.2, 0) is 4.79 Å². The number of hydrogen-bond donors (Lipinski definition) is 1. The van der Waals surface area contributed by atoms with Gasteiger partial charge in [-0.1, -0.05) is 25.5 Å². The van der Waals surface area contributed by atoms with Gasteiger partial charge in [-0.15, -0.1) is 0 Å². The Morgan fingerprint density at radius 1 is 1.31 bits per heavy atom. The minimum Gasteiger partial charge on any atom is -0.465 e. The summed E-state index contributed by atoms with van der Waals surface area (Å²) in [6, 6.07) is -0.142. The number of carboxylic acid groups (broad SMARTS) is 1. The molecule has 1 fully saturated rings. The maximum atomic E-state index is 12.6. The van der Waals surface area contributed by atoms with Crippen molar-refractivity contribution >= 4 is 12.0 Å². The van der Waals surface area contributed by atoms with Gasteiger partial charge in [-0.3, -0.25) is 9.69 Å². The molecule has 2 amide bonds. The normalized spacial score (nSPS) is 23.6. The predicted octanol–water partition coefficient (Wildman–Crippen LogP) is 4.45. The largest absolute Gasteiger partial charge is 0.465 e.